The summed E-state index contributed by atoms with van der Waals surface area (Å²) in [6, 6.07) is 11.3. The lowest BCUT2D eigenvalue weighted by molar-refractivity contribution is 0.0786. The first-order valence-electron chi connectivity index (χ1n) is 8.33. The summed E-state index contributed by atoms with van der Waals surface area (Å²) in [5, 5.41) is 11.9. The van der Waals surface area contributed by atoms with Crippen LogP contribution in [0.15, 0.2) is 46.0 Å². The first-order valence-corrected chi connectivity index (χ1v) is 10.6. The molecule has 1 atom stereocenters. The summed E-state index contributed by atoms with van der Waals surface area (Å²) in [4.78, 5) is 2.22. The molecule has 3 rings (SSSR count). The van der Waals surface area contributed by atoms with Gasteiger partial charge in [0.25, 0.3) is 10.0 Å². The van der Waals surface area contributed by atoms with Gasteiger partial charge >= 0.3 is 0 Å². The maximum absolute atomic E-state index is 12.7. The lowest BCUT2D eigenvalue weighted by Crippen LogP contribution is -2.53. The summed E-state index contributed by atoms with van der Waals surface area (Å²) >= 11 is 1.26. The van der Waals surface area contributed by atoms with Crippen LogP contribution in [0.1, 0.15) is 26.3 Å². The topological polar surface area (TPSA) is 60.9 Å². The highest BCUT2D eigenvalue weighted by atomic mass is 32.2. The monoisotopic (exact) mass is 380 g/mol. The van der Waals surface area contributed by atoms with Crippen molar-refractivity contribution in [1.29, 1.82) is 0 Å². The Bertz CT molecular complexity index is 809. The minimum Gasteiger partial charge on any atom is -0.386 e. The van der Waals surface area contributed by atoms with E-state index in [9.17, 15) is 13.5 Å². The van der Waals surface area contributed by atoms with Crippen molar-refractivity contribution in [2.75, 3.05) is 24.5 Å². The fourth-order valence-corrected chi connectivity index (χ4v) is 5.78. The van der Waals surface area contributed by atoms with Crippen molar-refractivity contribution in [1.82, 2.24) is 4.31 Å². The molecule has 0 saturated carbocycles. The molecular weight excluding hydrogens is 356 g/mol. The van der Waals surface area contributed by atoms with Crippen LogP contribution in [0.4, 0.5) is 5.69 Å². The van der Waals surface area contributed by atoms with Crippen molar-refractivity contribution in [3.8, 4) is 0 Å². The number of nitrogens with zero attached hydrogens (tertiary/aromatic N) is 2. The molecule has 0 amide bonds. The van der Waals surface area contributed by atoms with E-state index < -0.39 is 15.6 Å². The van der Waals surface area contributed by atoms with Gasteiger partial charge in [0.1, 0.15) is 4.21 Å². The second-order valence-electron chi connectivity index (χ2n) is 6.94. The molecule has 0 unspecified atom stereocenters. The second kappa shape index (κ2) is 6.72. The van der Waals surface area contributed by atoms with Gasteiger partial charge in [-0.3, -0.25) is 0 Å². The summed E-state index contributed by atoms with van der Waals surface area (Å²) < 4.78 is 27.3. The van der Waals surface area contributed by atoms with E-state index in [4.69, 9.17) is 0 Å². The number of rotatable bonds is 4. The predicted octanol–water partition coefficient (Wildman–Crippen LogP) is 2.87. The van der Waals surface area contributed by atoms with Crippen LogP contribution < -0.4 is 4.90 Å². The maximum atomic E-state index is 12.7. The largest absolute Gasteiger partial charge is 0.386 e. The van der Waals surface area contributed by atoms with Crippen molar-refractivity contribution in [2.24, 2.45) is 0 Å². The third kappa shape index (κ3) is 3.74. The lowest BCUT2D eigenvalue weighted by atomic mass is 9.98. The first-order chi connectivity index (χ1) is 11.7. The van der Waals surface area contributed by atoms with Crippen molar-refractivity contribution in [3.63, 3.8) is 0 Å². The van der Waals surface area contributed by atoms with E-state index in [1.807, 2.05) is 31.2 Å². The third-order valence-corrected chi connectivity index (χ3v) is 7.82. The van der Waals surface area contributed by atoms with Gasteiger partial charge in [0.05, 0.1) is 5.60 Å². The van der Waals surface area contributed by atoms with Gasteiger partial charge in [0, 0.05) is 31.4 Å². The van der Waals surface area contributed by atoms with Crippen molar-refractivity contribution in [3.05, 3.63) is 47.3 Å². The molecule has 1 aromatic heterocycles. The molecule has 0 radical (unpaired) electrons. The van der Waals surface area contributed by atoms with Crippen molar-refractivity contribution >= 4 is 27.0 Å². The Labute approximate surface area is 153 Å². The molecule has 0 aliphatic carbocycles. The van der Waals surface area contributed by atoms with E-state index in [1.54, 1.807) is 35.7 Å². The Morgan fingerprint density at radius 3 is 2.36 bits per heavy atom. The molecule has 1 aliphatic heterocycles. The molecule has 1 fully saturated rings. The average Bonchev–Trinajstić information content (AvgIpc) is 3.09. The zero-order valence-electron chi connectivity index (χ0n) is 14.7. The molecule has 0 bridgehead atoms. The Morgan fingerprint density at radius 1 is 1.16 bits per heavy atom. The molecule has 1 aliphatic rings. The molecule has 1 aromatic carbocycles. The third-order valence-electron chi connectivity index (χ3n) is 4.58. The predicted molar refractivity (Wildman–Crippen MR) is 102 cm³/mol. The van der Waals surface area contributed by atoms with Crippen LogP contribution in [0, 0.1) is 0 Å². The summed E-state index contributed by atoms with van der Waals surface area (Å²) in [5.74, 6) is 0. The van der Waals surface area contributed by atoms with E-state index in [0.717, 1.165) is 11.3 Å². The van der Waals surface area contributed by atoms with Crippen LogP contribution in [-0.4, -0.2) is 43.5 Å². The number of piperazine rings is 1. The standard InChI is InChI=1S/C18H24N2O3S2/c1-14-13-19(25(22,23)17-5-4-12-24-17)10-11-20(14)16-8-6-15(7-9-16)18(2,3)21/h4-9,12,14,21H,10-11,13H2,1-3H3/t14-/m0/s1. The SMILES string of the molecule is C[C@H]1CN(S(=O)(=O)c2cccs2)CCN1c1ccc(C(C)(C)O)cc1. The average molecular weight is 381 g/mol. The Hall–Kier alpha value is -1.41. The highest BCUT2D eigenvalue weighted by Gasteiger charge is 2.33. The molecular formula is C18H24N2O3S2. The Morgan fingerprint density at radius 2 is 1.84 bits per heavy atom. The second-order valence-corrected chi connectivity index (χ2v) is 10.1. The number of hydrogen-bond acceptors (Lipinski definition) is 5. The molecule has 1 saturated heterocycles. The van der Waals surface area contributed by atoms with Gasteiger partial charge in [-0.05, 0) is 49.9 Å². The van der Waals surface area contributed by atoms with Gasteiger partial charge in [0.15, 0.2) is 0 Å². The number of thiophene rings is 1. The highest BCUT2D eigenvalue weighted by Crippen LogP contribution is 2.28. The van der Waals surface area contributed by atoms with Crippen LogP contribution >= 0.6 is 11.3 Å². The molecule has 25 heavy (non-hydrogen) atoms. The number of anilines is 1. The normalized spacial score (nSPS) is 20.0. The van der Waals surface area contributed by atoms with E-state index in [-0.39, 0.29) is 6.04 Å². The van der Waals surface area contributed by atoms with Crippen LogP contribution in [0.2, 0.25) is 0 Å². The van der Waals surface area contributed by atoms with Crippen molar-refractivity contribution in [2.45, 2.75) is 36.6 Å². The van der Waals surface area contributed by atoms with Gasteiger partial charge in [-0.1, -0.05) is 18.2 Å². The minimum atomic E-state index is -3.39. The fourth-order valence-electron chi connectivity index (χ4n) is 3.12. The zero-order valence-corrected chi connectivity index (χ0v) is 16.3. The smallest absolute Gasteiger partial charge is 0.252 e. The molecule has 5 nitrogen and oxygen atoms in total. The van der Waals surface area contributed by atoms with Gasteiger partial charge in [-0.25, -0.2) is 8.42 Å². The number of sulfonamides is 1. The molecule has 7 heteroatoms. The van der Waals surface area contributed by atoms with Gasteiger partial charge in [-0.15, -0.1) is 11.3 Å². The Balaban J connectivity index is 1.74. The molecule has 2 heterocycles. The summed E-state index contributed by atoms with van der Waals surface area (Å²) in [6.45, 7) is 7.15. The Kier molecular flexibility index (Phi) is 4.94. The van der Waals surface area contributed by atoms with Gasteiger partial charge in [0.2, 0.25) is 0 Å². The van der Waals surface area contributed by atoms with Crippen LogP contribution in [0.3, 0.4) is 0 Å². The van der Waals surface area contributed by atoms with Gasteiger partial charge in [-0.2, -0.15) is 4.31 Å². The molecule has 1 N–H and O–H groups in total. The number of aliphatic hydroxyl groups is 1. The minimum absolute atomic E-state index is 0.0801. The van der Waals surface area contributed by atoms with E-state index in [0.29, 0.717) is 23.8 Å². The van der Waals surface area contributed by atoms with Crippen molar-refractivity contribution < 1.29 is 13.5 Å². The van der Waals surface area contributed by atoms with Gasteiger partial charge < -0.3 is 10.0 Å². The molecule has 2 aromatic rings. The quantitative estimate of drug-likeness (QED) is 0.886. The molecule has 136 valence electrons. The summed E-state index contributed by atoms with van der Waals surface area (Å²) in [5.41, 5.74) is 1.05. The fraction of sp³-hybridized carbons (Fsp3) is 0.444. The lowest BCUT2D eigenvalue weighted by Gasteiger charge is -2.40. The highest BCUT2D eigenvalue weighted by molar-refractivity contribution is 7.91. The summed E-state index contributed by atoms with van der Waals surface area (Å²) in [6.07, 6.45) is 0. The zero-order chi connectivity index (χ0) is 18.2. The number of benzene rings is 1. The number of hydrogen-bond donors (Lipinski definition) is 1. The van der Waals surface area contributed by atoms with Crippen LogP contribution in [0.5, 0.6) is 0 Å². The molecule has 0 spiro atoms. The van der Waals surface area contributed by atoms with Crippen LogP contribution in [-0.2, 0) is 15.6 Å². The van der Waals surface area contributed by atoms with E-state index in [1.165, 1.54) is 11.3 Å². The summed E-state index contributed by atoms with van der Waals surface area (Å²) in [7, 11) is -3.39. The maximum Gasteiger partial charge on any atom is 0.252 e. The van der Waals surface area contributed by atoms with E-state index >= 15 is 0 Å². The van der Waals surface area contributed by atoms with E-state index in [2.05, 4.69) is 4.90 Å². The first kappa shape index (κ1) is 18.4. The van der Waals surface area contributed by atoms with Crippen LogP contribution in [0.25, 0.3) is 0 Å².